The normalized spacial score (nSPS) is 13.4. The van der Waals surface area contributed by atoms with E-state index < -0.39 is 6.10 Å². The van der Waals surface area contributed by atoms with Gasteiger partial charge in [-0.1, -0.05) is 30.4 Å². The van der Waals surface area contributed by atoms with E-state index in [4.69, 9.17) is 14.2 Å². The van der Waals surface area contributed by atoms with Gasteiger partial charge in [-0.2, -0.15) is 0 Å². The second-order valence-corrected chi connectivity index (χ2v) is 7.29. The molecule has 6 heteroatoms. The number of benzene rings is 2. The van der Waals surface area contributed by atoms with Crippen molar-refractivity contribution in [1.82, 2.24) is 10.2 Å². The van der Waals surface area contributed by atoms with E-state index in [9.17, 15) is 5.11 Å². The van der Waals surface area contributed by atoms with Crippen molar-refractivity contribution in [2.45, 2.75) is 19.1 Å². The third-order valence-corrected chi connectivity index (χ3v) is 4.82. The molecule has 0 amide bonds. The Morgan fingerprint density at radius 2 is 1.73 bits per heavy atom. The third-order valence-electron chi connectivity index (χ3n) is 4.82. The maximum absolute atomic E-state index is 10.3. The molecule has 0 unspecified atom stereocenters. The number of aliphatic hydroxyl groups is 1. The number of nitrogens with one attached hydrogen (secondary N) is 1. The number of aliphatic hydroxyl groups excluding tert-OH is 1. The first-order valence-electron chi connectivity index (χ1n) is 10.1. The highest BCUT2D eigenvalue weighted by Crippen LogP contribution is 2.28. The van der Waals surface area contributed by atoms with Crippen molar-refractivity contribution in [2.24, 2.45) is 0 Å². The van der Waals surface area contributed by atoms with Crippen LogP contribution in [0.5, 0.6) is 17.2 Å². The molecule has 164 valence electrons. The molecule has 2 N–H and O–H groups in total. The molecule has 0 aliphatic carbocycles. The van der Waals surface area contributed by atoms with E-state index in [2.05, 4.69) is 22.3 Å². The molecular formula is C24H34N2O4. The van der Waals surface area contributed by atoms with Crippen LogP contribution >= 0.6 is 0 Å². The number of ether oxygens (including phenoxy) is 3. The van der Waals surface area contributed by atoms with Gasteiger partial charge in [0.05, 0.1) is 14.2 Å². The van der Waals surface area contributed by atoms with Crippen LogP contribution in [0.3, 0.4) is 0 Å². The Morgan fingerprint density at radius 1 is 1.00 bits per heavy atom. The summed E-state index contributed by atoms with van der Waals surface area (Å²) in [5, 5.41) is 13.7. The zero-order valence-electron chi connectivity index (χ0n) is 18.6. The molecule has 0 radical (unpaired) electrons. The summed E-state index contributed by atoms with van der Waals surface area (Å²) in [4.78, 5) is 2.15. The summed E-state index contributed by atoms with van der Waals surface area (Å²) < 4.78 is 16.4. The Balaban J connectivity index is 1.85. The van der Waals surface area contributed by atoms with Gasteiger partial charge in [0, 0.05) is 19.1 Å². The van der Waals surface area contributed by atoms with Crippen LogP contribution in [0, 0.1) is 0 Å². The van der Waals surface area contributed by atoms with E-state index in [0.29, 0.717) is 24.6 Å². The van der Waals surface area contributed by atoms with Crippen LogP contribution in [0.1, 0.15) is 24.1 Å². The standard InChI is InChI=1S/C24H34N2O4/c1-6-7-18-8-13-23(24(14-18)29-5)30-17-20(27)15-25-16-22(26(2)3)19-9-11-21(28-4)12-10-19/h6-14,20,22,25,27H,15-17H2,1-5H3/b7-6+/t20-,22+/m1/s1. The van der Waals surface area contributed by atoms with Gasteiger partial charge < -0.3 is 29.5 Å². The molecule has 0 fully saturated rings. The first kappa shape index (κ1) is 23.7. The van der Waals surface area contributed by atoms with Gasteiger partial charge in [-0.15, -0.1) is 0 Å². The maximum Gasteiger partial charge on any atom is 0.161 e. The molecule has 0 aliphatic heterocycles. The third kappa shape index (κ3) is 7.06. The molecule has 0 spiro atoms. The van der Waals surface area contributed by atoms with Gasteiger partial charge in [0.2, 0.25) is 0 Å². The molecule has 0 heterocycles. The molecule has 2 aromatic carbocycles. The van der Waals surface area contributed by atoms with Gasteiger partial charge >= 0.3 is 0 Å². The van der Waals surface area contributed by atoms with Gasteiger partial charge in [-0.3, -0.25) is 0 Å². The maximum atomic E-state index is 10.3. The van der Waals surface area contributed by atoms with Crippen LogP contribution in [0.25, 0.3) is 6.08 Å². The average molecular weight is 415 g/mol. The first-order chi connectivity index (χ1) is 14.5. The van der Waals surface area contributed by atoms with Gasteiger partial charge in [-0.25, -0.2) is 0 Å². The van der Waals surface area contributed by atoms with Gasteiger partial charge in [0.25, 0.3) is 0 Å². The highest BCUT2D eigenvalue weighted by molar-refractivity contribution is 5.55. The fourth-order valence-electron chi connectivity index (χ4n) is 3.16. The number of hydrogen-bond acceptors (Lipinski definition) is 6. The molecule has 6 nitrogen and oxygen atoms in total. The van der Waals surface area contributed by atoms with E-state index in [1.807, 2.05) is 63.5 Å². The summed E-state index contributed by atoms with van der Waals surface area (Å²) in [6, 6.07) is 14.0. The van der Waals surface area contributed by atoms with Crippen molar-refractivity contribution >= 4 is 6.08 Å². The van der Waals surface area contributed by atoms with E-state index in [0.717, 1.165) is 11.3 Å². The van der Waals surface area contributed by atoms with Crippen LogP contribution in [-0.2, 0) is 0 Å². The predicted molar refractivity (Wildman–Crippen MR) is 121 cm³/mol. The molecular weight excluding hydrogens is 380 g/mol. The Hall–Kier alpha value is -2.54. The fourth-order valence-corrected chi connectivity index (χ4v) is 3.16. The van der Waals surface area contributed by atoms with E-state index >= 15 is 0 Å². The lowest BCUT2D eigenvalue weighted by atomic mass is 10.1. The van der Waals surface area contributed by atoms with Crippen molar-refractivity contribution in [3.63, 3.8) is 0 Å². The Labute approximate surface area is 180 Å². The number of allylic oxidation sites excluding steroid dienone is 1. The molecule has 0 bridgehead atoms. The highest BCUT2D eigenvalue weighted by Gasteiger charge is 2.15. The van der Waals surface area contributed by atoms with Gasteiger partial charge in [0.1, 0.15) is 18.5 Å². The minimum absolute atomic E-state index is 0.182. The Bertz CT molecular complexity index is 790. The molecule has 0 saturated carbocycles. The summed E-state index contributed by atoms with van der Waals surface area (Å²) in [5.74, 6) is 2.11. The molecule has 30 heavy (non-hydrogen) atoms. The monoisotopic (exact) mass is 414 g/mol. The number of likely N-dealkylation sites (N-methyl/N-ethyl adjacent to an activating group) is 1. The van der Waals surface area contributed by atoms with E-state index in [1.165, 1.54) is 5.56 Å². The second kappa shape index (κ2) is 12.2. The molecule has 2 aromatic rings. The largest absolute Gasteiger partial charge is 0.497 e. The fraction of sp³-hybridized carbons (Fsp3) is 0.417. The Morgan fingerprint density at radius 3 is 2.33 bits per heavy atom. The Kier molecular flexibility index (Phi) is 9.67. The SMILES string of the molecule is C/C=C/c1ccc(OC[C@H](O)CNC[C@@H](c2ccc(OC)cc2)N(C)C)c(OC)c1. The smallest absolute Gasteiger partial charge is 0.161 e. The number of hydrogen-bond donors (Lipinski definition) is 2. The van der Waals surface area contributed by atoms with Crippen LogP contribution in [0.4, 0.5) is 0 Å². The minimum atomic E-state index is -0.636. The van der Waals surface area contributed by atoms with Gasteiger partial charge in [-0.05, 0) is 56.4 Å². The van der Waals surface area contributed by atoms with Crippen molar-refractivity contribution in [2.75, 3.05) is 48.0 Å². The molecule has 0 aliphatic rings. The topological polar surface area (TPSA) is 63.2 Å². The molecule has 0 saturated heterocycles. The zero-order valence-corrected chi connectivity index (χ0v) is 18.6. The van der Waals surface area contributed by atoms with Crippen molar-refractivity contribution in [3.8, 4) is 17.2 Å². The minimum Gasteiger partial charge on any atom is -0.497 e. The lowest BCUT2D eigenvalue weighted by molar-refractivity contribution is 0.103. The number of nitrogens with zero attached hydrogens (tertiary/aromatic N) is 1. The average Bonchev–Trinajstić information content (AvgIpc) is 2.75. The summed E-state index contributed by atoms with van der Waals surface area (Å²) in [7, 11) is 7.36. The quantitative estimate of drug-likeness (QED) is 0.555. The number of rotatable bonds is 12. The molecule has 2 rings (SSSR count). The van der Waals surface area contributed by atoms with Crippen molar-refractivity contribution in [1.29, 1.82) is 0 Å². The summed E-state index contributed by atoms with van der Waals surface area (Å²) in [5.41, 5.74) is 2.22. The van der Waals surface area contributed by atoms with E-state index in [1.54, 1.807) is 14.2 Å². The highest BCUT2D eigenvalue weighted by atomic mass is 16.5. The predicted octanol–water partition coefficient (Wildman–Crippen LogP) is 3.37. The number of methoxy groups -OCH3 is 2. The van der Waals surface area contributed by atoms with Crippen LogP contribution in [0.15, 0.2) is 48.5 Å². The summed E-state index contributed by atoms with van der Waals surface area (Å²) >= 11 is 0. The van der Waals surface area contributed by atoms with Gasteiger partial charge in [0.15, 0.2) is 11.5 Å². The second-order valence-electron chi connectivity index (χ2n) is 7.29. The first-order valence-corrected chi connectivity index (χ1v) is 10.1. The summed E-state index contributed by atoms with van der Waals surface area (Å²) in [6.07, 6.45) is 3.33. The van der Waals surface area contributed by atoms with Crippen LogP contribution in [0.2, 0.25) is 0 Å². The van der Waals surface area contributed by atoms with Crippen LogP contribution < -0.4 is 19.5 Å². The zero-order chi connectivity index (χ0) is 21.9. The van der Waals surface area contributed by atoms with E-state index in [-0.39, 0.29) is 12.6 Å². The van der Waals surface area contributed by atoms with Crippen molar-refractivity contribution in [3.05, 3.63) is 59.7 Å². The molecule has 0 aromatic heterocycles. The molecule has 2 atom stereocenters. The lowest BCUT2D eigenvalue weighted by Crippen LogP contribution is -2.37. The summed E-state index contributed by atoms with van der Waals surface area (Å²) in [6.45, 7) is 3.29. The van der Waals surface area contributed by atoms with Crippen LogP contribution in [-0.4, -0.2) is 64.1 Å². The van der Waals surface area contributed by atoms with Crippen molar-refractivity contribution < 1.29 is 19.3 Å². The lowest BCUT2D eigenvalue weighted by Gasteiger charge is -2.26.